The molecule has 0 radical (unpaired) electrons. The molecule has 0 saturated carbocycles. The number of ether oxygens (including phenoxy) is 4. The number of hydrogen-bond donors (Lipinski definition) is 7. The number of unbranched alkanes of at least 4 members (excludes halogenated alkanes) is 1. The van der Waals surface area contributed by atoms with Crippen LogP contribution in [-0.2, 0) is 35.3 Å². The van der Waals surface area contributed by atoms with Crippen molar-refractivity contribution in [2.75, 3.05) is 33.4 Å². The van der Waals surface area contributed by atoms with E-state index in [1.807, 2.05) is 103 Å². The van der Waals surface area contributed by atoms with E-state index in [1.165, 1.54) is 6.08 Å². The average molecular weight is 1000 g/mol. The lowest BCUT2D eigenvalue weighted by molar-refractivity contribution is -0.149. The number of esters is 1. The predicted octanol–water partition coefficient (Wildman–Crippen LogP) is 8.46. The van der Waals surface area contributed by atoms with E-state index < -0.39 is 60.1 Å². The summed E-state index contributed by atoms with van der Waals surface area (Å²) in [6, 6.07) is 29.4. The summed E-state index contributed by atoms with van der Waals surface area (Å²) in [6.45, 7) is 15.8. The predicted molar refractivity (Wildman–Crippen MR) is 286 cm³/mol. The monoisotopic (exact) mass is 1000 g/mol. The van der Waals surface area contributed by atoms with E-state index in [-0.39, 0.29) is 50.3 Å². The van der Waals surface area contributed by atoms with Crippen molar-refractivity contribution in [3.8, 4) is 22.6 Å². The standard InChI is InChI=1S/C57H73N7O9/c1-9-20-45(53(68)71-35-38-21-11-10-12-22-38)64-52(67)44(28-19-34-60-54(58)59-8)63-51(66)43(27-17-18-33-61-55(69)73-57(5,6)7)62-48(65)36-70-46-31-29-39-23-13-15-25-41(39)49(46)50-42-26-16-14-24-40(42)30-32-47(50)72-37-56(2,3)4/h9-16,21-26,29-32,43-45H,1,17-20,27-28,33-37H2,2-8H3,(H,61,69)(H,62,65)(H,63,66)(H,64,67)(H3,58,59,60)/t43-,44-,45+/m1/s1. The molecule has 0 fully saturated rings. The molecule has 5 aromatic carbocycles. The molecule has 0 saturated heterocycles. The lowest BCUT2D eigenvalue weighted by Crippen LogP contribution is -2.56. The smallest absolute Gasteiger partial charge is 0.407 e. The topological polar surface area (TPSA) is 218 Å². The highest BCUT2D eigenvalue weighted by Crippen LogP contribution is 2.46. The van der Waals surface area contributed by atoms with Crippen LogP contribution >= 0.6 is 0 Å². The number of nitrogens with one attached hydrogen (secondary N) is 7. The van der Waals surface area contributed by atoms with Crippen molar-refractivity contribution in [2.45, 2.75) is 110 Å². The van der Waals surface area contributed by atoms with Crippen molar-refractivity contribution >= 4 is 57.3 Å². The fourth-order valence-electron chi connectivity index (χ4n) is 7.81. The first-order valence-corrected chi connectivity index (χ1v) is 24.8. The fraction of sp³-hybridized carbons (Fsp3) is 0.404. The minimum absolute atomic E-state index is 0.0108. The lowest BCUT2D eigenvalue weighted by atomic mass is 9.92. The number of carbonyl (C=O) groups excluding carboxylic acids is 5. The van der Waals surface area contributed by atoms with E-state index in [4.69, 9.17) is 24.4 Å². The van der Waals surface area contributed by atoms with Crippen LogP contribution in [0.1, 0.15) is 85.6 Å². The van der Waals surface area contributed by atoms with Crippen molar-refractivity contribution < 1.29 is 42.9 Å². The molecule has 4 amide bonds. The van der Waals surface area contributed by atoms with Gasteiger partial charge in [0.15, 0.2) is 12.6 Å². The molecule has 73 heavy (non-hydrogen) atoms. The molecule has 0 unspecified atom stereocenters. The van der Waals surface area contributed by atoms with E-state index in [1.54, 1.807) is 27.8 Å². The van der Waals surface area contributed by atoms with Gasteiger partial charge in [0.25, 0.3) is 5.91 Å². The number of carbonyl (C=O) groups is 5. The quantitative estimate of drug-likeness (QED) is 0.00967. The summed E-state index contributed by atoms with van der Waals surface area (Å²) in [6.07, 6.45) is 2.34. The van der Waals surface area contributed by atoms with E-state index in [2.05, 4.69) is 59.3 Å². The molecule has 0 aliphatic heterocycles. The number of fused-ring (bicyclic) bond motifs is 2. The Labute approximate surface area is 429 Å². The summed E-state index contributed by atoms with van der Waals surface area (Å²) in [7, 11) is 1.60. The molecule has 5 rings (SSSR count). The molecule has 0 bridgehead atoms. The van der Waals surface area contributed by atoms with Crippen LogP contribution in [0.2, 0.25) is 0 Å². The zero-order valence-electron chi connectivity index (χ0n) is 43.3. The number of amides is 4. The van der Waals surface area contributed by atoms with Crippen LogP contribution in [0.25, 0.3) is 32.7 Å². The molecule has 0 aromatic heterocycles. The molecule has 390 valence electrons. The number of rotatable bonds is 25. The van der Waals surface area contributed by atoms with Crippen molar-refractivity contribution in [3.05, 3.63) is 121 Å². The van der Waals surface area contributed by atoms with Gasteiger partial charge in [-0.3, -0.25) is 19.8 Å². The summed E-state index contributed by atoms with van der Waals surface area (Å²) in [4.78, 5) is 68.4. The summed E-state index contributed by atoms with van der Waals surface area (Å²) >= 11 is 0. The van der Waals surface area contributed by atoms with Gasteiger partial charge in [-0.15, -0.1) is 6.58 Å². The molecule has 3 atom stereocenters. The first-order chi connectivity index (χ1) is 34.8. The Morgan fingerprint density at radius 1 is 0.644 bits per heavy atom. The molecule has 7 N–H and O–H groups in total. The highest BCUT2D eigenvalue weighted by Gasteiger charge is 2.30. The van der Waals surface area contributed by atoms with Gasteiger partial charge < -0.3 is 50.8 Å². The fourth-order valence-corrected chi connectivity index (χ4v) is 7.81. The van der Waals surface area contributed by atoms with Crippen LogP contribution in [0.3, 0.4) is 0 Å². The Kier molecular flexibility index (Phi) is 21.0. The maximum absolute atomic E-state index is 14.5. The van der Waals surface area contributed by atoms with Gasteiger partial charge in [-0.2, -0.15) is 0 Å². The van der Waals surface area contributed by atoms with Crippen molar-refractivity contribution in [2.24, 2.45) is 5.41 Å². The third kappa shape index (κ3) is 18.2. The zero-order valence-corrected chi connectivity index (χ0v) is 43.3. The molecular weight excluding hydrogens is 927 g/mol. The molecular formula is C57H73N7O9. The minimum Gasteiger partial charge on any atom is -0.492 e. The number of hydrogen-bond acceptors (Lipinski definition) is 10. The highest BCUT2D eigenvalue weighted by atomic mass is 16.6. The summed E-state index contributed by atoms with van der Waals surface area (Å²) < 4.78 is 23.9. The molecule has 5 aromatic rings. The Bertz CT molecular complexity index is 2680. The normalized spacial score (nSPS) is 12.6. The third-order valence-corrected chi connectivity index (χ3v) is 11.4. The van der Waals surface area contributed by atoms with Crippen molar-refractivity contribution in [1.82, 2.24) is 31.9 Å². The van der Waals surface area contributed by atoms with E-state index in [9.17, 15) is 24.0 Å². The molecule has 0 aliphatic rings. The zero-order chi connectivity index (χ0) is 53.0. The van der Waals surface area contributed by atoms with Gasteiger partial charge in [0.2, 0.25) is 11.8 Å². The minimum atomic E-state index is -1.17. The number of alkyl carbamates (subject to hydrolysis) is 1. The summed E-state index contributed by atoms with van der Waals surface area (Å²) in [5, 5.41) is 28.5. The van der Waals surface area contributed by atoms with Crippen LogP contribution in [0.4, 0.5) is 4.79 Å². The Morgan fingerprint density at radius 3 is 1.78 bits per heavy atom. The van der Waals surface area contributed by atoms with E-state index >= 15 is 0 Å². The summed E-state index contributed by atoms with van der Waals surface area (Å²) in [5.41, 5.74) is 1.49. The van der Waals surface area contributed by atoms with Gasteiger partial charge in [0.1, 0.15) is 41.8 Å². The van der Waals surface area contributed by atoms with Crippen LogP contribution in [-0.4, -0.2) is 92.8 Å². The number of guanidine groups is 1. The van der Waals surface area contributed by atoms with Gasteiger partial charge >= 0.3 is 12.1 Å². The third-order valence-electron chi connectivity index (χ3n) is 11.4. The van der Waals surface area contributed by atoms with Crippen LogP contribution in [0, 0.1) is 10.8 Å². The Hall–Kier alpha value is -7.62. The van der Waals surface area contributed by atoms with Gasteiger partial charge in [-0.25, -0.2) is 9.59 Å². The first-order valence-electron chi connectivity index (χ1n) is 24.8. The molecule has 16 nitrogen and oxygen atoms in total. The van der Waals surface area contributed by atoms with Crippen molar-refractivity contribution in [3.63, 3.8) is 0 Å². The second-order valence-corrected chi connectivity index (χ2v) is 19.9. The second kappa shape index (κ2) is 27.3. The molecule has 0 spiro atoms. The van der Waals surface area contributed by atoms with Gasteiger partial charge in [0.05, 0.1) is 6.61 Å². The second-order valence-electron chi connectivity index (χ2n) is 19.9. The maximum Gasteiger partial charge on any atom is 0.407 e. The van der Waals surface area contributed by atoms with Crippen LogP contribution < -0.4 is 41.4 Å². The van der Waals surface area contributed by atoms with E-state index in [0.29, 0.717) is 37.4 Å². The van der Waals surface area contributed by atoms with Gasteiger partial charge in [-0.1, -0.05) is 118 Å². The van der Waals surface area contributed by atoms with Gasteiger partial charge in [-0.05, 0) is 104 Å². The van der Waals surface area contributed by atoms with Gasteiger partial charge in [0, 0.05) is 31.3 Å². The van der Waals surface area contributed by atoms with Crippen LogP contribution in [0.15, 0.2) is 116 Å². The SMILES string of the molecule is C=CC[C@H](NC(=O)[C@@H](CCCNC(=N)NC)NC(=O)[C@@H](CCCCNC(=O)OC(C)(C)C)NC(=O)COc1ccc2ccccc2c1-c1c(OCC(C)(C)C)ccc2ccccc12)C(=O)OCc1ccccc1. The Balaban J connectivity index is 1.40. The molecule has 0 aliphatic carbocycles. The molecule has 0 heterocycles. The maximum atomic E-state index is 14.5. The lowest BCUT2D eigenvalue weighted by Gasteiger charge is -2.25. The average Bonchev–Trinajstić information content (AvgIpc) is 3.36. The first kappa shape index (κ1) is 56.3. The Morgan fingerprint density at radius 2 is 1.19 bits per heavy atom. The largest absolute Gasteiger partial charge is 0.492 e. The van der Waals surface area contributed by atoms with Crippen LogP contribution in [0.5, 0.6) is 11.5 Å². The summed E-state index contributed by atoms with van der Waals surface area (Å²) in [5.74, 6) is -1.43. The van der Waals surface area contributed by atoms with Crippen molar-refractivity contribution in [1.29, 1.82) is 5.41 Å². The number of benzene rings is 5. The highest BCUT2D eigenvalue weighted by molar-refractivity contribution is 6.10. The van der Waals surface area contributed by atoms with E-state index in [0.717, 1.165) is 38.2 Å². The molecule has 16 heteroatoms.